The summed E-state index contributed by atoms with van der Waals surface area (Å²) in [5, 5.41) is 3.07. The lowest BCUT2D eigenvalue weighted by molar-refractivity contribution is 0.0758. The average Bonchev–Trinajstić information content (AvgIpc) is 2.32. The Morgan fingerprint density at radius 3 is 2.63 bits per heavy atom. The van der Waals surface area contributed by atoms with Gasteiger partial charge < -0.3 is 19.5 Å². The molecule has 1 heterocycles. The van der Waals surface area contributed by atoms with Crippen LogP contribution in [0.15, 0.2) is 0 Å². The second kappa shape index (κ2) is 8.84. The minimum atomic E-state index is -0.0244. The van der Waals surface area contributed by atoms with Crippen molar-refractivity contribution >= 4 is 17.5 Å². The Labute approximate surface area is 117 Å². The molecule has 0 aliphatic heterocycles. The van der Waals surface area contributed by atoms with Gasteiger partial charge in [0.05, 0.1) is 25.9 Å². The Morgan fingerprint density at radius 1 is 1.16 bits per heavy atom. The van der Waals surface area contributed by atoms with Gasteiger partial charge in [0.15, 0.2) is 0 Å². The summed E-state index contributed by atoms with van der Waals surface area (Å²) in [7, 11) is 1.63. The smallest absolute Gasteiger partial charge is 0.322 e. The van der Waals surface area contributed by atoms with Crippen LogP contribution >= 0.6 is 11.6 Å². The fourth-order valence-electron chi connectivity index (χ4n) is 1.15. The van der Waals surface area contributed by atoms with Gasteiger partial charge in [-0.1, -0.05) is 0 Å². The van der Waals surface area contributed by atoms with Gasteiger partial charge >= 0.3 is 6.01 Å². The normalized spacial score (nSPS) is 10.8. The molecule has 0 unspecified atom stereocenters. The van der Waals surface area contributed by atoms with Crippen molar-refractivity contribution in [1.82, 2.24) is 15.0 Å². The SMILES string of the molecule is COCCOCCNc1nc(Cl)nc(OC(C)C)n1. The lowest BCUT2D eigenvalue weighted by atomic mass is 10.5. The van der Waals surface area contributed by atoms with E-state index in [-0.39, 0.29) is 17.4 Å². The van der Waals surface area contributed by atoms with Crippen LogP contribution in [0, 0.1) is 0 Å². The molecule has 0 radical (unpaired) electrons. The topological polar surface area (TPSA) is 78.4 Å². The third kappa shape index (κ3) is 7.09. The van der Waals surface area contributed by atoms with E-state index in [4.69, 9.17) is 25.8 Å². The van der Waals surface area contributed by atoms with Crippen LogP contribution in [0.4, 0.5) is 5.95 Å². The van der Waals surface area contributed by atoms with Gasteiger partial charge in [-0.25, -0.2) is 0 Å². The van der Waals surface area contributed by atoms with Crippen molar-refractivity contribution in [2.45, 2.75) is 20.0 Å². The van der Waals surface area contributed by atoms with Crippen LogP contribution in [0.25, 0.3) is 0 Å². The van der Waals surface area contributed by atoms with Crippen molar-refractivity contribution in [1.29, 1.82) is 0 Å². The lowest BCUT2D eigenvalue weighted by Crippen LogP contribution is -2.15. The molecule has 19 heavy (non-hydrogen) atoms. The van der Waals surface area contributed by atoms with Crippen molar-refractivity contribution in [3.05, 3.63) is 5.28 Å². The van der Waals surface area contributed by atoms with Crippen LogP contribution in [0.2, 0.25) is 5.28 Å². The van der Waals surface area contributed by atoms with Crippen LogP contribution in [-0.2, 0) is 9.47 Å². The average molecular weight is 291 g/mol. The molecule has 0 spiro atoms. The Bertz CT molecular complexity index is 379. The molecule has 1 aromatic heterocycles. The second-order valence-electron chi connectivity index (χ2n) is 3.91. The van der Waals surface area contributed by atoms with Gasteiger partial charge in [-0.15, -0.1) is 0 Å². The van der Waals surface area contributed by atoms with Crippen molar-refractivity contribution in [2.75, 3.05) is 38.8 Å². The van der Waals surface area contributed by atoms with Gasteiger partial charge in [0.1, 0.15) is 0 Å². The van der Waals surface area contributed by atoms with E-state index in [1.807, 2.05) is 13.8 Å². The fourth-order valence-corrected chi connectivity index (χ4v) is 1.31. The second-order valence-corrected chi connectivity index (χ2v) is 4.25. The number of ether oxygens (including phenoxy) is 3. The van der Waals surface area contributed by atoms with Crippen LogP contribution in [-0.4, -0.2) is 54.5 Å². The third-order valence-corrected chi connectivity index (χ3v) is 2.06. The number of nitrogens with zero attached hydrogens (tertiary/aromatic N) is 3. The zero-order chi connectivity index (χ0) is 14.1. The molecule has 0 amide bonds. The highest BCUT2D eigenvalue weighted by molar-refractivity contribution is 6.28. The molecule has 0 aliphatic carbocycles. The summed E-state index contributed by atoms with van der Waals surface area (Å²) in [5.74, 6) is 0.367. The number of anilines is 1. The number of methoxy groups -OCH3 is 1. The number of aromatic nitrogens is 3. The summed E-state index contributed by atoms with van der Waals surface area (Å²) < 4.78 is 15.5. The Balaban J connectivity index is 2.38. The number of halogens is 1. The Hall–Kier alpha value is -1.18. The van der Waals surface area contributed by atoms with Gasteiger partial charge in [-0.2, -0.15) is 15.0 Å². The Kier molecular flexibility index (Phi) is 7.39. The highest BCUT2D eigenvalue weighted by Crippen LogP contribution is 2.12. The fraction of sp³-hybridized carbons (Fsp3) is 0.727. The molecule has 0 saturated heterocycles. The third-order valence-electron chi connectivity index (χ3n) is 1.89. The molecule has 0 bridgehead atoms. The monoisotopic (exact) mass is 290 g/mol. The minimum Gasteiger partial charge on any atom is -0.461 e. The predicted molar refractivity (Wildman–Crippen MR) is 71.8 cm³/mol. The summed E-state index contributed by atoms with van der Waals surface area (Å²) in [6.07, 6.45) is -0.0244. The van der Waals surface area contributed by atoms with E-state index >= 15 is 0 Å². The first-order valence-corrected chi connectivity index (χ1v) is 6.38. The van der Waals surface area contributed by atoms with Crippen molar-refractivity contribution in [3.8, 4) is 6.01 Å². The highest BCUT2D eigenvalue weighted by atomic mass is 35.5. The standard InChI is InChI=1S/C11H19ClN4O3/c1-8(2)19-11-15-9(12)14-10(16-11)13-4-5-18-7-6-17-3/h8H,4-7H2,1-3H3,(H,13,14,15,16). The molecule has 0 saturated carbocycles. The number of rotatable bonds is 9. The predicted octanol–water partition coefficient (Wildman–Crippen LogP) is 1.39. The van der Waals surface area contributed by atoms with Crippen LogP contribution in [0.5, 0.6) is 6.01 Å². The van der Waals surface area contributed by atoms with Gasteiger partial charge in [0.2, 0.25) is 11.2 Å². The number of hydrogen-bond donors (Lipinski definition) is 1. The molecule has 0 aromatic carbocycles. The molecule has 1 rings (SSSR count). The zero-order valence-corrected chi connectivity index (χ0v) is 12.1. The van der Waals surface area contributed by atoms with Crippen LogP contribution in [0.3, 0.4) is 0 Å². The Morgan fingerprint density at radius 2 is 1.95 bits per heavy atom. The van der Waals surface area contributed by atoms with E-state index in [1.165, 1.54) is 0 Å². The molecule has 0 aliphatic rings. The van der Waals surface area contributed by atoms with E-state index in [2.05, 4.69) is 20.3 Å². The maximum absolute atomic E-state index is 5.78. The van der Waals surface area contributed by atoms with Gasteiger partial charge in [-0.05, 0) is 25.4 Å². The van der Waals surface area contributed by atoms with E-state index < -0.39 is 0 Å². The van der Waals surface area contributed by atoms with E-state index in [0.29, 0.717) is 32.3 Å². The molecule has 8 heteroatoms. The van der Waals surface area contributed by atoms with E-state index in [1.54, 1.807) is 7.11 Å². The van der Waals surface area contributed by atoms with Gasteiger partial charge in [-0.3, -0.25) is 0 Å². The highest BCUT2D eigenvalue weighted by Gasteiger charge is 2.07. The number of nitrogens with one attached hydrogen (secondary N) is 1. The molecule has 1 N–H and O–H groups in total. The number of hydrogen-bond acceptors (Lipinski definition) is 7. The quantitative estimate of drug-likeness (QED) is 0.688. The van der Waals surface area contributed by atoms with Crippen molar-refractivity contribution < 1.29 is 14.2 Å². The molecule has 1 aromatic rings. The maximum atomic E-state index is 5.78. The summed E-state index contributed by atoms with van der Waals surface area (Å²) >= 11 is 5.78. The largest absolute Gasteiger partial charge is 0.461 e. The first kappa shape index (κ1) is 15.9. The van der Waals surface area contributed by atoms with E-state index in [0.717, 1.165) is 0 Å². The summed E-state index contributed by atoms with van der Waals surface area (Å²) in [6.45, 7) is 5.98. The van der Waals surface area contributed by atoms with E-state index in [9.17, 15) is 0 Å². The maximum Gasteiger partial charge on any atom is 0.322 e. The van der Waals surface area contributed by atoms with Gasteiger partial charge in [0, 0.05) is 13.7 Å². The molecule has 7 nitrogen and oxygen atoms in total. The van der Waals surface area contributed by atoms with Gasteiger partial charge in [0.25, 0.3) is 0 Å². The first-order valence-electron chi connectivity index (χ1n) is 6.00. The van der Waals surface area contributed by atoms with Crippen LogP contribution in [0.1, 0.15) is 13.8 Å². The summed E-state index contributed by atoms with van der Waals surface area (Å²) in [6, 6.07) is 0.206. The minimum absolute atomic E-state index is 0.0244. The summed E-state index contributed by atoms with van der Waals surface area (Å²) in [5.41, 5.74) is 0. The molecule has 0 atom stereocenters. The van der Waals surface area contributed by atoms with Crippen molar-refractivity contribution in [3.63, 3.8) is 0 Å². The summed E-state index contributed by atoms with van der Waals surface area (Å²) in [4.78, 5) is 11.9. The zero-order valence-electron chi connectivity index (χ0n) is 11.4. The first-order chi connectivity index (χ1) is 9.11. The molecule has 108 valence electrons. The van der Waals surface area contributed by atoms with Crippen LogP contribution < -0.4 is 10.1 Å². The lowest BCUT2D eigenvalue weighted by Gasteiger charge is -2.09. The molecular formula is C11H19ClN4O3. The molecule has 0 fully saturated rings. The van der Waals surface area contributed by atoms with Crippen molar-refractivity contribution in [2.24, 2.45) is 0 Å². The molecular weight excluding hydrogens is 272 g/mol.